The molecule has 0 radical (unpaired) electrons. The first-order valence-electron chi connectivity index (χ1n) is 5.33. The van der Waals surface area contributed by atoms with E-state index in [1.165, 1.54) is 13.4 Å². The van der Waals surface area contributed by atoms with Crippen LogP contribution in [-0.2, 0) is 6.54 Å². The SMILES string of the molecule is Cc1cccc(/C(Cn2cncn2)=[N+](\C)[O-])c1. The first-order chi connectivity index (χ1) is 8.16. The smallest absolute Gasteiger partial charge is 0.215 e. The third kappa shape index (κ3) is 2.69. The van der Waals surface area contributed by atoms with E-state index in [0.29, 0.717) is 12.3 Å². The van der Waals surface area contributed by atoms with E-state index < -0.39 is 0 Å². The van der Waals surface area contributed by atoms with Crippen molar-refractivity contribution in [3.8, 4) is 0 Å². The molecule has 2 rings (SSSR count). The van der Waals surface area contributed by atoms with Gasteiger partial charge in [-0.1, -0.05) is 17.7 Å². The lowest BCUT2D eigenvalue weighted by Gasteiger charge is -2.08. The molecule has 2 aromatic rings. The van der Waals surface area contributed by atoms with E-state index >= 15 is 0 Å². The van der Waals surface area contributed by atoms with Gasteiger partial charge in [0.2, 0.25) is 5.71 Å². The Hall–Kier alpha value is -2.17. The molecule has 0 fully saturated rings. The lowest BCUT2D eigenvalue weighted by molar-refractivity contribution is -0.423. The first-order valence-corrected chi connectivity index (χ1v) is 5.33. The van der Waals surface area contributed by atoms with Crippen molar-refractivity contribution in [3.63, 3.8) is 0 Å². The molecule has 1 aromatic carbocycles. The highest BCUT2D eigenvalue weighted by molar-refractivity contribution is 5.96. The van der Waals surface area contributed by atoms with Gasteiger partial charge in [0.1, 0.15) is 26.2 Å². The fourth-order valence-corrected chi connectivity index (χ4v) is 1.67. The first kappa shape index (κ1) is 11.3. The summed E-state index contributed by atoms with van der Waals surface area (Å²) in [5.74, 6) is 0. The third-order valence-corrected chi connectivity index (χ3v) is 2.51. The Morgan fingerprint density at radius 3 is 2.88 bits per heavy atom. The second kappa shape index (κ2) is 4.78. The van der Waals surface area contributed by atoms with Gasteiger partial charge in [-0.2, -0.15) is 5.10 Å². The van der Waals surface area contributed by atoms with Crippen molar-refractivity contribution >= 4 is 5.71 Å². The summed E-state index contributed by atoms with van der Waals surface area (Å²) in [5, 5.41) is 15.6. The van der Waals surface area contributed by atoms with E-state index in [2.05, 4.69) is 10.1 Å². The molecule has 0 saturated carbocycles. The Bertz CT molecular complexity index is 527. The lowest BCUT2D eigenvalue weighted by atomic mass is 10.1. The van der Waals surface area contributed by atoms with Crippen LogP contribution in [0.25, 0.3) is 0 Å². The van der Waals surface area contributed by atoms with Crippen molar-refractivity contribution in [1.29, 1.82) is 0 Å². The molecule has 0 atom stereocenters. The van der Waals surface area contributed by atoms with E-state index in [9.17, 15) is 5.21 Å². The molecule has 0 unspecified atom stereocenters. The number of nitrogens with zero attached hydrogens (tertiary/aromatic N) is 4. The number of hydrogen-bond acceptors (Lipinski definition) is 3. The van der Waals surface area contributed by atoms with Crippen molar-refractivity contribution in [2.75, 3.05) is 7.05 Å². The fourth-order valence-electron chi connectivity index (χ4n) is 1.67. The Morgan fingerprint density at radius 2 is 2.29 bits per heavy atom. The quantitative estimate of drug-likeness (QED) is 0.345. The van der Waals surface area contributed by atoms with Gasteiger partial charge in [0, 0.05) is 5.56 Å². The third-order valence-electron chi connectivity index (χ3n) is 2.51. The van der Waals surface area contributed by atoms with E-state index in [0.717, 1.165) is 15.9 Å². The van der Waals surface area contributed by atoms with Crippen LogP contribution in [0.1, 0.15) is 11.1 Å². The van der Waals surface area contributed by atoms with Gasteiger partial charge in [-0.25, -0.2) is 14.4 Å². The second-order valence-electron chi connectivity index (χ2n) is 3.91. The summed E-state index contributed by atoms with van der Waals surface area (Å²) in [6.07, 6.45) is 3.05. The molecular formula is C12H14N4O. The molecule has 17 heavy (non-hydrogen) atoms. The molecule has 0 saturated heterocycles. The maximum absolute atomic E-state index is 11.6. The second-order valence-corrected chi connectivity index (χ2v) is 3.91. The molecule has 0 N–H and O–H groups in total. The summed E-state index contributed by atoms with van der Waals surface area (Å²) < 4.78 is 2.50. The molecule has 0 aliphatic heterocycles. The summed E-state index contributed by atoms with van der Waals surface area (Å²) >= 11 is 0. The van der Waals surface area contributed by atoms with Crippen LogP contribution in [-0.4, -0.2) is 32.3 Å². The maximum atomic E-state index is 11.6. The predicted molar refractivity (Wildman–Crippen MR) is 64.9 cm³/mol. The molecule has 0 aliphatic rings. The molecule has 5 heteroatoms. The van der Waals surface area contributed by atoms with Crippen molar-refractivity contribution < 1.29 is 4.74 Å². The summed E-state index contributed by atoms with van der Waals surface area (Å²) in [6.45, 7) is 2.42. The monoisotopic (exact) mass is 230 g/mol. The van der Waals surface area contributed by atoms with Crippen LogP contribution in [0.3, 0.4) is 0 Å². The minimum absolute atomic E-state index is 0.420. The van der Waals surface area contributed by atoms with Crippen molar-refractivity contribution in [2.45, 2.75) is 13.5 Å². The average molecular weight is 230 g/mol. The van der Waals surface area contributed by atoms with Gasteiger partial charge in [-0.3, -0.25) is 0 Å². The normalized spacial score (nSPS) is 12.4. The summed E-state index contributed by atoms with van der Waals surface area (Å²) in [7, 11) is 1.49. The molecule has 1 heterocycles. The average Bonchev–Trinajstić information content (AvgIpc) is 2.78. The minimum atomic E-state index is 0.420. The number of rotatable bonds is 3. The highest BCUT2D eigenvalue weighted by Crippen LogP contribution is 2.06. The number of benzene rings is 1. The summed E-state index contributed by atoms with van der Waals surface area (Å²) in [5.41, 5.74) is 2.71. The van der Waals surface area contributed by atoms with Crippen molar-refractivity contribution in [1.82, 2.24) is 14.8 Å². The van der Waals surface area contributed by atoms with Crippen LogP contribution in [0.2, 0.25) is 0 Å². The highest BCUT2D eigenvalue weighted by atomic mass is 16.5. The topological polar surface area (TPSA) is 56.8 Å². The number of hydrogen-bond donors (Lipinski definition) is 0. The molecular weight excluding hydrogens is 216 g/mol. The zero-order valence-electron chi connectivity index (χ0n) is 9.87. The van der Waals surface area contributed by atoms with Crippen LogP contribution in [0.5, 0.6) is 0 Å². The molecule has 0 spiro atoms. The van der Waals surface area contributed by atoms with E-state index in [-0.39, 0.29) is 0 Å². The summed E-state index contributed by atoms with van der Waals surface area (Å²) in [4.78, 5) is 3.86. The standard InChI is InChI=1S/C12H14N4O/c1-10-4-3-5-11(6-10)12(15(2)17)7-16-9-13-8-14-16/h3-6,8-9H,7H2,1-2H3/b15-12+. The number of hydroxylamine groups is 1. The van der Waals surface area contributed by atoms with Crippen molar-refractivity contribution in [3.05, 3.63) is 53.3 Å². The van der Waals surface area contributed by atoms with Gasteiger partial charge in [0.05, 0.1) is 0 Å². The van der Waals surface area contributed by atoms with Crippen LogP contribution < -0.4 is 0 Å². The lowest BCUT2D eigenvalue weighted by Crippen LogP contribution is -2.20. The van der Waals surface area contributed by atoms with Crippen LogP contribution in [0, 0.1) is 12.1 Å². The van der Waals surface area contributed by atoms with Gasteiger partial charge in [0.25, 0.3) is 0 Å². The van der Waals surface area contributed by atoms with Crippen LogP contribution in [0.15, 0.2) is 36.9 Å². The Labute approximate surface area is 99.6 Å². The fraction of sp³-hybridized carbons (Fsp3) is 0.250. The van der Waals surface area contributed by atoms with E-state index in [1.54, 1.807) is 11.0 Å². The van der Waals surface area contributed by atoms with E-state index in [4.69, 9.17) is 0 Å². The Balaban J connectivity index is 2.34. The molecule has 88 valence electrons. The Morgan fingerprint density at radius 1 is 1.47 bits per heavy atom. The van der Waals surface area contributed by atoms with Gasteiger partial charge in [-0.15, -0.1) is 0 Å². The molecule has 0 bridgehead atoms. The largest absolute Gasteiger partial charge is 0.624 e. The zero-order valence-corrected chi connectivity index (χ0v) is 9.87. The number of aromatic nitrogens is 3. The van der Waals surface area contributed by atoms with Gasteiger partial charge in [0.15, 0.2) is 0 Å². The van der Waals surface area contributed by atoms with Crippen molar-refractivity contribution in [2.24, 2.45) is 0 Å². The number of aryl methyl sites for hydroxylation is 1. The molecule has 1 aromatic heterocycles. The molecule has 5 nitrogen and oxygen atoms in total. The van der Waals surface area contributed by atoms with Crippen LogP contribution in [0.4, 0.5) is 0 Å². The molecule has 0 aliphatic carbocycles. The predicted octanol–water partition coefficient (Wildman–Crippen LogP) is 1.22. The highest BCUT2D eigenvalue weighted by Gasteiger charge is 2.12. The summed E-state index contributed by atoms with van der Waals surface area (Å²) in [6, 6.07) is 7.85. The van der Waals surface area contributed by atoms with Crippen LogP contribution >= 0.6 is 0 Å². The van der Waals surface area contributed by atoms with E-state index in [1.807, 2.05) is 31.2 Å². The van der Waals surface area contributed by atoms with Gasteiger partial charge in [-0.05, 0) is 19.1 Å². The zero-order chi connectivity index (χ0) is 12.3. The molecule has 0 amide bonds. The Kier molecular flexibility index (Phi) is 3.18. The van der Waals surface area contributed by atoms with Gasteiger partial charge >= 0.3 is 0 Å². The van der Waals surface area contributed by atoms with Gasteiger partial charge < -0.3 is 5.21 Å². The minimum Gasteiger partial charge on any atom is -0.624 e. The maximum Gasteiger partial charge on any atom is 0.215 e.